The van der Waals surface area contributed by atoms with E-state index in [-0.39, 0.29) is 12.1 Å². The topological polar surface area (TPSA) is 54.9 Å². The maximum atomic E-state index is 13.0. The molecule has 0 amide bonds. The van der Waals surface area contributed by atoms with E-state index in [0.717, 1.165) is 49.3 Å². The van der Waals surface area contributed by atoms with Crippen LogP contribution in [0.15, 0.2) is 53.5 Å². The lowest BCUT2D eigenvalue weighted by Gasteiger charge is -2.22. The van der Waals surface area contributed by atoms with E-state index < -0.39 is 11.7 Å². The summed E-state index contributed by atoms with van der Waals surface area (Å²) < 4.78 is 50.2. The Morgan fingerprint density at radius 3 is 2.47 bits per heavy atom. The molecule has 1 fully saturated rings. The fourth-order valence-electron chi connectivity index (χ4n) is 3.46. The molecule has 2 N–H and O–H groups in total. The fourth-order valence-corrected chi connectivity index (χ4v) is 3.46. The van der Waals surface area contributed by atoms with Crippen LogP contribution in [0.3, 0.4) is 0 Å². The van der Waals surface area contributed by atoms with Crippen LogP contribution in [-0.2, 0) is 28.8 Å². The molecule has 0 bridgehead atoms. The van der Waals surface area contributed by atoms with Crippen LogP contribution in [0.4, 0.5) is 13.2 Å². The molecular weight excluding hydrogens is 419 g/mol. The monoisotopic (exact) mass is 449 g/mol. The number of ether oxygens (including phenoxy) is 2. The van der Waals surface area contributed by atoms with E-state index in [1.807, 2.05) is 24.3 Å². The van der Waals surface area contributed by atoms with Gasteiger partial charge in [0.1, 0.15) is 0 Å². The maximum absolute atomic E-state index is 13.0. The molecule has 8 heteroatoms. The van der Waals surface area contributed by atoms with Gasteiger partial charge in [0, 0.05) is 26.8 Å². The molecular formula is C24H30F3N3O2. The number of benzene rings is 2. The number of alkyl halides is 3. The Morgan fingerprint density at radius 1 is 1.12 bits per heavy atom. The molecule has 0 saturated carbocycles. The number of hydrogen-bond donors (Lipinski definition) is 2. The number of nitrogens with one attached hydrogen (secondary N) is 2. The van der Waals surface area contributed by atoms with E-state index in [0.29, 0.717) is 24.7 Å². The van der Waals surface area contributed by atoms with Crippen LogP contribution in [0, 0.1) is 0 Å². The van der Waals surface area contributed by atoms with Crippen LogP contribution in [-0.4, -0.2) is 32.3 Å². The van der Waals surface area contributed by atoms with Crippen LogP contribution in [0.5, 0.6) is 0 Å². The van der Waals surface area contributed by atoms with Gasteiger partial charge in [0.15, 0.2) is 5.96 Å². The largest absolute Gasteiger partial charge is 0.416 e. The normalized spacial score (nSPS) is 16.6. The van der Waals surface area contributed by atoms with Crippen molar-refractivity contribution in [3.05, 3.63) is 70.8 Å². The standard InChI is InChI=1S/C24H30F3N3O2/c1-17(20-4-3-5-21(14-20)24(25,26)27)30-23(28-2)29-15-18-6-8-19(9-7-18)16-32-22-10-12-31-13-11-22/h3-9,14,17,22H,10-13,15-16H2,1-2H3,(H2,28,29,30). The fraction of sp³-hybridized carbons (Fsp3) is 0.458. The van der Waals surface area contributed by atoms with Gasteiger partial charge in [-0.15, -0.1) is 0 Å². The number of halogens is 3. The van der Waals surface area contributed by atoms with Crippen molar-refractivity contribution < 1.29 is 22.6 Å². The lowest BCUT2D eigenvalue weighted by molar-refractivity contribution is -0.137. The van der Waals surface area contributed by atoms with Crippen molar-refractivity contribution in [2.24, 2.45) is 4.99 Å². The van der Waals surface area contributed by atoms with Crippen molar-refractivity contribution in [3.63, 3.8) is 0 Å². The van der Waals surface area contributed by atoms with Crippen molar-refractivity contribution in [2.75, 3.05) is 20.3 Å². The molecule has 0 spiro atoms. The van der Waals surface area contributed by atoms with Gasteiger partial charge in [-0.25, -0.2) is 0 Å². The third-order valence-corrected chi connectivity index (χ3v) is 5.43. The molecule has 3 rings (SSSR count). The first-order chi connectivity index (χ1) is 15.3. The molecule has 1 heterocycles. The summed E-state index contributed by atoms with van der Waals surface area (Å²) in [6.45, 7) is 4.44. The van der Waals surface area contributed by atoms with Gasteiger partial charge in [0.25, 0.3) is 0 Å². The smallest absolute Gasteiger partial charge is 0.381 e. The summed E-state index contributed by atoms with van der Waals surface area (Å²) in [7, 11) is 1.63. The Balaban J connectivity index is 1.48. The highest BCUT2D eigenvalue weighted by molar-refractivity contribution is 5.80. The van der Waals surface area contributed by atoms with E-state index in [9.17, 15) is 13.2 Å². The molecule has 0 radical (unpaired) electrons. The average Bonchev–Trinajstić information content (AvgIpc) is 2.81. The van der Waals surface area contributed by atoms with Crippen molar-refractivity contribution in [3.8, 4) is 0 Å². The van der Waals surface area contributed by atoms with E-state index in [2.05, 4.69) is 15.6 Å². The summed E-state index contributed by atoms with van der Waals surface area (Å²) in [6.07, 6.45) is -2.23. The summed E-state index contributed by atoms with van der Waals surface area (Å²) in [5, 5.41) is 6.35. The molecule has 2 aromatic rings. The Kier molecular flexibility index (Phi) is 8.53. The SMILES string of the molecule is CN=C(NCc1ccc(COC2CCOCC2)cc1)NC(C)c1cccc(C(F)(F)F)c1. The minimum Gasteiger partial charge on any atom is -0.381 e. The zero-order valence-corrected chi connectivity index (χ0v) is 18.4. The van der Waals surface area contributed by atoms with Gasteiger partial charge in [0.2, 0.25) is 0 Å². The van der Waals surface area contributed by atoms with Crippen molar-refractivity contribution in [1.82, 2.24) is 10.6 Å². The summed E-state index contributed by atoms with van der Waals surface area (Å²) in [5.74, 6) is 0.516. The highest BCUT2D eigenvalue weighted by Crippen LogP contribution is 2.30. The Hall–Kier alpha value is -2.58. The van der Waals surface area contributed by atoms with Gasteiger partial charge in [-0.1, -0.05) is 36.4 Å². The highest BCUT2D eigenvalue weighted by Gasteiger charge is 2.30. The van der Waals surface area contributed by atoms with Crippen molar-refractivity contribution in [2.45, 2.75) is 51.2 Å². The van der Waals surface area contributed by atoms with Gasteiger partial charge in [-0.3, -0.25) is 4.99 Å². The number of guanidine groups is 1. The second-order valence-corrected chi connectivity index (χ2v) is 7.85. The average molecular weight is 450 g/mol. The zero-order chi connectivity index (χ0) is 23.0. The molecule has 1 aliphatic rings. The summed E-state index contributed by atoms with van der Waals surface area (Å²) in [6, 6.07) is 13.1. The lowest BCUT2D eigenvalue weighted by atomic mass is 10.1. The Morgan fingerprint density at radius 2 is 1.81 bits per heavy atom. The van der Waals surface area contributed by atoms with Gasteiger partial charge < -0.3 is 20.1 Å². The van der Waals surface area contributed by atoms with Crippen molar-refractivity contribution >= 4 is 5.96 Å². The van der Waals surface area contributed by atoms with E-state index in [1.54, 1.807) is 20.0 Å². The number of hydrogen-bond acceptors (Lipinski definition) is 3. The minimum atomic E-state index is -4.36. The van der Waals surface area contributed by atoms with Gasteiger partial charge in [-0.2, -0.15) is 13.2 Å². The van der Waals surface area contributed by atoms with Crippen molar-refractivity contribution in [1.29, 1.82) is 0 Å². The molecule has 1 aliphatic heterocycles. The second kappa shape index (κ2) is 11.3. The van der Waals surface area contributed by atoms with E-state index in [4.69, 9.17) is 9.47 Å². The summed E-state index contributed by atoms with van der Waals surface area (Å²) in [5.41, 5.74) is 2.06. The molecule has 1 atom stereocenters. The maximum Gasteiger partial charge on any atom is 0.416 e. The quantitative estimate of drug-likeness (QED) is 0.470. The number of aliphatic imine (C=N–C) groups is 1. The van der Waals surface area contributed by atoms with Crippen LogP contribution in [0.25, 0.3) is 0 Å². The molecule has 174 valence electrons. The predicted molar refractivity (Wildman–Crippen MR) is 118 cm³/mol. The third-order valence-electron chi connectivity index (χ3n) is 5.43. The first-order valence-electron chi connectivity index (χ1n) is 10.8. The van der Waals surface area contributed by atoms with Gasteiger partial charge >= 0.3 is 6.18 Å². The summed E-state index contributed by atoms with van der Waals surface area (Å²) >= 11 is 0. The Labute approximate surface area is 187 Å². The van der Waals surface area contributed by atoms with Gasteiger partial charge in [0.05, 0.1) is 24.3 Å². The second-order valence-electron chi connectivity index (χ2n) is 7.85. The molecule has 5 nitrogen and oxygen atoms in total. The predicted octanol–water partition coefficient (Wildman–Crippen LogP) is 4.83. The van der Waals surface area contributed by atoms with Crippen LogP contribution in [0.2, 0.25) is 0 Å². The van der Waals surface area contributed by atoms with Crippen LogP contribution in [0.1, 0.15) is 48.1 Å². The van der Waals surface area contributed by atoms with Crippen LogP contribution < -0.4 is 10.6 Å². The Bertz CT molecular complexity index is 879. The number of nitrogens with zero attached hydrogens (tertiary/aromatic N) is 1. The van der Waals surface area contributed by atoms with Crippen LogP contribution >= 0.6 is 0 Å². The number of rotatable bonds is 7. The molecule has 1 unspecified atom stereocenters. The molecule has 2 aromatic carbocycles. The zero-order valence-electron chi connectivity index (χ0n) is 18.4. The highest BCUT2D eigenvalue weighted by atomic mass is 19.4. The summed E-state index contributed by atoms with van der Waals surface area (Å²) in [4.78, 5) is 4.18. The van der Waals surface area contributed by atoms with Gasteiger partial charge in [-0.05, 0) is 48.6 Å². The first kappa shape index (κ1) is 24.1. The molecule has 0 aliphatic carbocycles. The van der Waals surface area contributed by atoms with E-state index in [1.165, 1.54) is 6.07 Å². The van der Waals surface area contributed by atoms with E-state index >= 15 is 0 Å². The first-order valence-corrected chi connectivity index (χ1v) is 10.8. The molecule has 0 aromatic heterocycles. The third kappa shape index (κ3) is 7.24. The lowest BCUT2D eigenvalue weighted by Crippen LogP contribution is -2.38. The molecule has 1 saturated heterocycles. The molecule has 32 heavy (non-hydrogen) atoms. The minimum absolute atomic E-state index is 0.262.